The SMILES string of the molecule is O=S(=O)(c1ccc(OC(F)(F)F)cc1)N1CCC2(CCc3ccccc3O2)CC1. The van der Waals surface area contributed by atoms with Gasteiger partial charge in [0.2, 0.25) is 10.0 Å². The number of para-hydroxylation sites is 1. The number of hydrogen-bond acceptors (Lipinski definition) is 4. The quantitative estimate of drug-likeness (QED) is 0.739. The smallest absolute Gasteiger partial charge is 0.487 e. The van der Waals surface area contributed by atoms with E-state index in [4.69, 9.17) is 4.74 Å². The van der Waals surface area contributed by atoms with Gasteiger partial charge in [-0.15, -0.1) is 13.2 Å². The summed E-state index contributed by atoms with van der Waals surface area (Å²) in [6.07, 6.45) is -1.96. The Balaban J connectivity index is 1.44. The molecule has 9 heteroatoms. The number of alkyl halides is 3. The fourth-order valence-corrected chi connectivity index (χ4v) is 5.35. The Bertz CT molecular complexity index is 982. The summed E-state index contributed by atoms with van der Waals surface area (Å²) in [5, 5.41) is 0. The molecule has 2 aliphatic heterocycles. The number of fused-ring (bicyclic) bond motifs is 1. The molecule has 0 unspecified atom stereocenters. The number of benzene rings is 2. The second-order valence-corrected chi connectivity index (χ2v) is 9.25. The second kappa shape index (κ2) is 7.21. The van der Waals surface area contributed by atoms with Gasteiger partial charge in [-0.2, -0.15) is 4.31 Å². The maximum Gasteiger partial charge on any atom is 0.573 e. The van der Waals surface area contributed by atoms with Crippen LogP contribution in [0, 0.1) is 0 Å². The predicted molar refractivity (Wildman–Crippen MR) is 99.2 cm³/mol. The summed E-state index contributed by atoms with van der Waals surface area (Å²) in [7, 11) is -3.80. The molecule has 1 fully saturated rings. The Morgan fingerprint density at radius 2 is 1.62 bits per heavy atom. The lowest BCUT2D eigenvalue weighted by Crippen LogP contribution is -2.51. The fraction of sp³-hybridized carbons (Fsp3) is 0.400. The molecule has 0 N–H and O–H groups in total. The molecule has 1 spiro atoms. The molecule has 2 aliphatic rings. The largest absolute Gasteiger partial charge is 0.573 e. The monoisotopic (exact) mass is 427 g/mol. The first-order valence-electron chi connectivity index (χ1n) is 9.30. The average Bonchev–Trinajstić information content (AvgIpc) is 2.67. The van der Waals surface area contributed by atoms with E-state index < -0.39 is 22.1 Å². The van der Waals surface area contributed by atoms with Crippen molar-refractivity contribution in [3.63, 3.8) is 0 Å². The number of aryl methyl sites for hydroxylation is 1. The normalized spacial score (nSPS) is 19.4. The number of rotatable bonds is 3. The summed E-state index contributed by atoms with van der Waals surface area (Å²) >= 11 is 0. The van der Waals surface area contributed by atoms with Crippen LogP contribution >= 0.6 is 0 Å². The Labute approximate surface area is 167 Å². The van der Waals surface area contributed by atoms with Crippen molar-refractivity contribution < 1.29 is 31.1 Å². The van der Waals surface area contributed by atoms with Crippen LogP contribution in [0.15, 0.2) is 53.4 Å². The van der Waals surface area contributed by atoms with E-state index >= 15 is 0 Å². The molecule has 0 radical (unpaired) electrons. The first-order chi connectivity index (χ1) is 13.7. The van der Waals surface area contributed by atoms with Gasteiger partial charge in [-0.3, -0.25) is 0 Å². The molecule has 5 nitrogen and oxygen atoms in total. The van der Waals surface area contributed by atoms with Gasteiger partial charge in [0.05, 0.1) is 4.90 Å². The van der Waals surface area contributed by atoms with Gasteiger partial charge < -0.3 is 9.47 Å². The number of ether oxygens (including phenoxy) is 2. The van der Waals surface area contributed by atoms with Crippen molar-refractivity contribution in [1.29, 1.82) is 0 Å². The van der Waals surface area contributed by atoms with Crippen LogP contribution in [0.3, 0.4) is 0 Å². The summed E-state index contributed by atoms with van der Waals surface area (Å²) in [4.78, 5) is -0.0575. The number of sulfonamides is 1. The van der Waals surface area contributed by atoms with Crippen molar-refractivity contribution >= 4 is 10.0 Å². The minimum absolute atomic E-state index is 0.0575. The Hall–Kier alpha value is -2.26. The molecule has 0 saturated carbocycles. The molecule has 0 atom stereocenters. The molecule has 0 aromatic heterocycles. The molecule has 1 saturated heterocycles. The summed E-state index contributed by atoms with van der Waals surface area (Å²) in [5.74, 6) is 0.402. The van der Waals surface area contributed by atoms with Gasteiger partial charge in [-0.1, -0.05) is 18.2 Å². The molecule has 0 amide bonds. The fourth-order valence-electron chi connectivity index (χ4n) is 3.91. The molecule has 0 aliphatic carbocycles. The second-order valence-electron chi connectivity index (χ2n) is 7.32. The van der Waals surface area contributed by atoms with E-state index in [0.29, 0.717) is 25.9 Å². The van der Waals surface area contributed by atoms with E-state index in [9.17, 15) is 21.6 Å². The van der Waals surface area contributed by atoms with Crippen LogP contribution in [-0.2, 0) is 16.4 Å². The molecular formula is C20H20F3NO4S. The topological polar surface area (TPSA) is 55.8 Å². The van der Waals surface area contributed by atoms with Gasteiger partial charge >= 0.3 is 6.36 Å². The van der Waals surface area contributed by atoms with E-state index in [0.717, 1.165) is 48.4 Å². The van der Waals surface area contributed by atoms with Crippen LogP contribution < -0.4 is 9.47 Å². The van der Waals surface area contributed by atoms with Crippen LogP contribution in [0.1, 0.15) is 24.8 Å². The standard InChI is InChI=1S/C20H20F3NO4S/c21-20(22,23)27-16-5-7-17(8-6-16)29(25,26)24-13-11-19(12-14-24)10-9-15-3-1-2-4-18(15)28-19/h1-8H,9-14H2. The molecule has 29 heavy (non-hydrogen) atoms. The zero-order valence-electron chi connectivity index (χ0n) is 15.5. The van der Waals surface area contributed by atoms with E-state index in [1.165, 1.54) is 4.31 Å². The zero-order valence-corrected chi connectivity index (χ0v) is 16.3. The van der Waals surface area contributed by atoms with Crippen molar-refractivity contribution in [2.45, 2.75) is 42.5 Å². The minimum atomic E-state index is -4.82. The van der Waals surface area contributed by atoms with E-state index in [1.807, 2.05) is 24.3 Å². The summed E-state index contributed by atoms with van der Waals surface area (Å²) in [6.45, 7) is 0.594. The van der Waals surface area contributed by atoms with Gasteiger partial charge in [0.25, 0.3) is 0 Å². The molecule has 156 valence electrons. The summed E-state index contributed by atoms with van der Waals surface area (Å²) in [6, 6.07) is 12.1. The summed E-state index contributed by atoms with van der Waals surface area (Å²) in [5.41, 5.74) is 0.791. The third kappa shape index (κ3) is 4.20. The third-order valence-corrected chi connectivity index (χ3v) is 7.39. The summed E-state index contributed by atoms with van der Waals surface area (Å²) < 4.78 is 74.0. The van der Waals surface area contributed by atoms with Gasteiger partial charge in [-0.25, -0.2) is 8.42 Å². The number of hydrogen-bond donors (Lipinski definition) is 0. The lowest BCUT2D eigenvalue weighted by molar-refractivity contribution is -0.274. The van der Waals surface area contributed by atoms with Gasteiger partial charge in [-0.05, 0) is 48.7 Å². The highest BCUT2D eigenvalue weighted by molar-refractivity contribution is 7.89. The molecule has 2 heterocycles. The highest BCUT2D eigenvalue weighted by Crippen LogP contribution is 2.40. The number of nitrogens with zero attached hydrogens (tertiary/aromatic N) is 1. The van der Waals surface area contributed by atoms with Crippen molar-refractivity contribution in [3.8, 4) is 11.5 Å². The Kier molecular flexibility index (Phi) is 4.98. The van der Waals surface area contributed by atoms with Crippen LogP contribution in [0.5, 0.6) is 11.5 Å². The number of halogens is 3. The zero-order chi connectivity index (χ0) is 20.7. The van der Waals surface area contributed by atoms with Gasteiger partial charge in [0.1, 0.15) is 17.1 Å². The maximum absolute atomic E-state index is 12.9. The van der Waals surface area contributed by atoms with E-state index in [2.05, 4.69) is 4.74 Å². The highest BCUT2D eigenvalue weighted by atomic mass is 32.2. The van der Waals surface area contributed by atoms with Crippen LogP contribution in [0.2, 0.25) is 0 Å². The molecule has 0 bridgehead atoms. The number of piperidine rings is 1. The van der Waals surface area contributed by atoms with Crippen molar-refractivity contribution in [1.82, 2.24) is 4.31 Å². The molecule has 2 aromatic rings. The van der Waals surface area contributed by atoms with Crippen molar-refractivity contribution in [2.24, 2.45) is 0 Å². The first kappa shape index (κ1) is 20.0. The minimum Gasteiger partial charge on any atom is -0.487 e. The third-order valence-electron chi connectivity index (χ3n) is 5.48. The van der Waals surface area contributed by atoms with Crippen LogP contribution in [0.25, 0.3) is 0 Å². The van der Waals surface area contributed by atoms with Crippen molar-refractivity contribution in [3.05, 3.63) is 54.1 Å². The average molecular weight is 427 g/mol. The van der Waals surface area contributed by atoms with Gasteiger partial charge in [0, 0.05) is 25.9 Å². The van der Waals surface area contributed by atoms with E-state index in [-0.39, 0.29) is 10.5 Å². The molecule has 2 aromatic carbocycles. The lowest BCUT2D eigenvalue weighted by Gasteiger charge is -2.44. The Morgan fingerprint density at radius 1 is 0.966 bits per heavy atom. The Morgan fingerprint density at radius 3 is 2.28 bits per heavy atom. The highest BCUT2D eigenvalue weighted by Gasteiger charge is 2.42. The lowest BCUT2D eigenvalue weighted by atomic mass is 9.84. The van der Waals surface area contributed by atoms with Crippen molar-refractivity contribution in [2.75, 3.05) is 13.1 Å². The predicted octanol–water partition coefficient (Wildman–Crippen LogP) is 4.13. The van der Waals surface area contributed by atoms with E-state index in [1.54, 1.807) is 0 Å². The van der Waals surface area contributed by atoms with Gasteiger partial charge in [0.15, 0.2) is 0 Å². The first-order valence-corrected chi connectivity index (χ1v) is 10.7. The molecule has 4 rings (SSSR count). The maximum atomic E-state index is 12.9. The van der Waals surface area contributed by atoms with Crippen LogP contribution in [-0.4, -0.2) is 37.8 Å². The van der Waals surface area contributed by atoms with Crippen LogP contribution in [0.4, 0.5) is 13.2 Å². The molecular weight excluding hydrogens is 407 g/mol.